The molecule has 0 saturated carbocycles. The van der Waals surface area contributed by atoms with Gasteiger partial charge in [-0.1, -0.05) is 30.3 Å². The first kappa shape index (κ1) is 15.5. The number of nitrogens with one attached hydrogen (secondary N) is 1. The number of carbonyl (C=O) groups is 1. The summed E-state index contributed by atoms with van der Waals surface area (Å²) in [5.41, 5.74) is 0.378. The molecule has 3 rings (SSSR count). The van der Waals surface area contributed by atoms with E-state index >= 15 is 0 Å². The van der Waals surface area contributed by atoms with Gasteiger partial charge in [-0.2, -0.15) is 0 Å². The van der Waals surface area contributed by atoms with Crippen LogP contribution >= 0.6 is 0 Å². The number of amides is 1. The van der Waals surface area contributed by atoms with Gasteiger partial charge in [-0.15, -0.1) is 0 Å². The summed E-state index contributed by atoms with van der Waals surface area (Å²) in [6, 6.07) is 9.46. The van der Waals surface area contributed by atoms with Gasteiger partial charge in [-0.05, 0) is 24.8 Å². The maximum Gasteiger partial charge on any atom is 0.231 e. The van der Waals surface area contributed by atoms with Crippen LogP contribution in [-0.4, -0.2) is 45.1 Å². The van der Waals surface area contributed by atoms with Gasteiger partial charge in [0.25, 0.3) is 0 Å². The van der Waals surface area contributed by atoms with Gasteiger partial charge >= 0.3 is 0 Å². The van der Waals surface area contributed by atoms with Crippen LogP contribution in [0.5, 0.6) is 0 Å². The summed E-state index contributed by atoms with van der Waals surface area (Å²) in [4.78, 5) is 12.9. The Balaban J connectivity index is 1.82. The second-order valence-electron chi connectivity index (χ2n) is 6.13. The molecule has 0 bridgehead atoms. The molecule has 0 spiro atoms. The normalized spacial score (nSPS) is 26.5. The molecule has 1 atom stereocenters. The zero-order chi connectivity index (χ0) is 15.6. The Morgan fingerprint density at radius 2 is 1.86 bits per heavy atom. The number of ether oxygens (including phenoxy) is 1. The van der Waals surface area contributed by atoms with Gasteiger partial charge in [0.15, 0.2) is 9.84 Å². The van der Waals surface area contributed by atoms with Crippen molar-refractivity contribution in [3.63, 3.8) is 0 Å². The summed E-state index contributed by atoms with van der Waals surface area (Å²) in [6.07, 6.45) is 1.76. The minimum Gasteiger partial charge on any atom is -0.381 e. The van der Waals surface area contributed by atoms with E-state index in [-0.39, 0.29) is 23.5 Å². The number of carbonyl (C=O) groups excluding carboxylic acids is 1. The first-order chi connectivity index (χ1) is 10.5. The Morgan fingerprint density at radius 1 is 1.18 bits per heavy atom. The van der Waals surface area contributed by atoms with E-state index in [0.717, 1.165) is 5.56 Å². The molecule has 0 aliphatic carbocycles. The highest BCUT2D eigenvalue weighted by Crippen LogP contribution is 2.35. The third-order valence-electron chi connectivity index (χ3n) is 4.68. The van der Waals surface area contributed by atoms with Crippen LogP contribution in [0.4, 0.5) is 0 Å². The van der Waals surface area contributed by atoms with Gasteiger partial charge in [0, 0.05) is 19.3 Å². The summed E-state index contributed by atoms with van der Waals surface area (Å²) in [6.45, 7) is 1.09. The van der Waals surface area contributed by atoms with E-state index in [2.05, 4.69) is 5.32 Å². The van der Waals surface area contributed by atoms with Crippen molar-refractivity contribution in [2.75, 3.05) is 24.7 Å². The summed E-state index contributed by atoms with van der Waals surface area (Å²) >= 11 is 0. The molecule has 1 aromatic carbocycles. The average molecular weight is 323 g/mol. The van der Waals surface area contributed by atoms with E-state index in [9.17, 15) is 13.2 Å². The van der Waals surface area contributed by atoms with E-state index in [4.69, 9.17) is 4.74 Å². The summed E-state index contributed by atoms with van der Waals surface area (Å²) in [5.74, 6) is 0.156. The Hall–Kier alpha value is -1.40. The van der Waals surface area contributed by atoms with Gasteiger partial charge in [-0.25, -0.2) is 8.42 Å². The molecular weight excluding hydrogens is 302 g/mol. The molecule has 2 saturated heterocycles. The van der Waals surface area contributed by atoms with Crippen molar-refractivity contribution in [1.82, 2.24) is 5.32 Å². The van der Waals surface area contributed by atoms with Crippen molar-refractivity contribution in [1.29, 1.82) is 0 Å². The fourth-order valence-electron chi connectivity index (χ4n) is 3.36. The Bertz CT molecular complexity index is 635. The van der Waals surface area contributed by atoms with Crippen LogP contribution in [0.15, 0.2) is 30.3 Å². The standard InChI is InChI=1S/C16H21NO4S/c18-15(17-14-6-11-22(19,20)12-14)16(7-9-21-10-8-16)13-4-2-1-3-5-13/h1-5,14H,6-12H2,(H,17,18)/t14-/m1/s1. The first-order valence-corrected chi connectivity index (χ1v) is 9.49. The molecule has 2 aliphatic rings. The molecule has 0 aromatic heterocycles. The lowest BCUT2D eigenvalue weighted by Crippen LogP contribution is -2.51. The van der Waals surface area contributed by atoms with Gasteiger partial charge in [-0.3, -0.25) is 4.79 Å². The molecule has 1 amide bonds. The Morgan fingerprint density at radius 3 is 2.45 bits per heavy atom. The third-order valence-corrected chi connectivity index (χ3v) is 6.44. The molecule has 22 heavy (non-hydrogen) atoms. The quantitative estimate of drug-likeness (QED) is 0.902. The predicted molar refractivity (Wildman–Crippen MR) is 83.4 cm³/mol. The fourth-order valence-corrected chi connectivity index (χ4v) is 5.03. The summed E-state index contributed by atoms with van der Waals surface area (Å²) in [5, 5.41) is 2.97. The summed E-state index contributed by atoms with van der Waals surface area (Å²) < 4.78 is 28.6. The van der Waals surface area contributed by atoms with Crippen LogP contribution in [0.25, 0.3) is 0 Å². The molecule has 5 nitrogen and oxygen atoms in total. The van der Waals surface area contributed by atoms with Gasteiger partial charge in [0.1, 0.15) is 0 Å². The van der Waals surface area contributed by atoms with Gasteiger partial charge < -0.3 is 10.1 Å². The average Bonchev–Trinajstić information content (AvgIpc) is 2.87. The monoisotopic (exact) mass is 323 g/mol. The van der Waals surface area contributed by atoms with E-state index in [1.54, 1.807) is 0 Å². The second-order valence-corrected chi connectivity index (χ2v) is 8.36. The van der Waals surface area contributed by atoms with Crippen LogP contribution < -0.4 is 5.32 Å². The van der Waals surface area contributed by atoms with E-state index < -0.39 is 15.3 Å². The van der Waals surface area contributed by atoms with Crippen LogP contribution in [0.1, 0.15) is 24.8 Å². The van der Waals surface area contributed by atoms with E-state index in [1.807, 2.05) is 30.3 Å². The van der Waals surface area contributed by atoms with Crippen LogP contribution in [0.3, 0.4) is 0 Å². The molecule has 2 fully saturated rings. The molecule has 0 radical (unpaired) electrons. The maximum absolute atomic E-state index is 12.9. The highest BCUT2D eigenvalue weighted by Gasteiger charge is 2.43. The molecule has 1 N–H and O–H groups in total. The smallest absolute Gasteiger partial charge is 0.231 e. The molecule has 6 heteroatoms. The lowest BCUT2D eigenvalue weighted by molar-refractivity contribution is -0.131. The highest BCUT2D eigenvalue weighted by atomic mass is 32.2. The summed E-state index contributed by atoms with van der Waals surface area (Å²) in [7, 11) is -3.00. The minimum atomic E-state index is -3.00. The predicted octanol–water partition coefficient (Wildman–Crippen LogP) is 1.04. The largest absolute Gasteiger partial charge is 0.381 e. The van der Waals surface area contributed by atoms with Crippen molar-refractivity contribution in [2.24, 2.45) is 0 Å². The van der Waals surface area contributed by atoms with Crippen molar-refractivity contribution >= 4 is 15.7 Å². The van der Waals surface area contributed by atoms with Crippen LogP contribution in [0.2, 0.25) is 0 Å². The number of rotatable bonds is 3. The minimum absolute atomic E-state index is 0.0557. The molecular formula is C16H21NO4S. The lowest BCUT2D eigenvalue weighted by Gasteiger charge is -2.37. The molecule has 2 aliphatic heterocycles. The van der Waals surface area contributed by atoms with E-state index in [0.29, 0.717) is 32.5 Å². The zero-order valence-corrected chi connectivity index (χ0v) is 13.3. The molecule has 2 heterocycles. The highest BCUT2D eigenvalue weighted by molar-refractivity contribution is 7.91. The lowest BCUT2D eigenvalue weighted by atomic mass is 9.73. The van der Waals surface area contributed by atoms with Crippen LogP contribution in [-0.2, 0) is 24.8 Å². The van der Waals surface area contributed by atoms with Crippen molar-refractivity contribution in [3.8, 4) is 0 Å². The number of hydrogen-bond acceptors (Lipinski definition) is 4. The Labute approximate surface area is 131 Å². The van der Waals surface area contributed by atoms with Crippen molar-refractivity contribution in [2.45, 2.75) is 30.7 Å². The topological polar surface area (TPSA) is 72.5 Å². The number of benzene rings is 1. The van der Waals surface area contributed by atoms with E-state index in [1.165, 1.54) is 0 Å². The molecule has 120 valence electrons. The first-order valence-electron chi connectivity index (χ1n) is 7.67. The SMILES string of the molecule is O=C(N[C@@H]1CCS(=O)(=O)C1)C1(c2ccccc2)CCOCC1. The third kappa shape index (κ3) is 3.03. The van der Waals surface area contributed by atoms with Gasteiger partial charge in [0.2, 0.25) is 5.91 Å². The zero-order valence-electron chi connectivity index (χ0n) is 12.5. The molecule has 0 unspecified atom stereocenters. The maximum atomic E-state index is 12.9. The Kier molecular flexibility index (Phi) is 4.23. The van der Waals surface area contributed by atoms with Crippen molar-refractivity contribution < 1.29 is 17.9 Å². The van der Waals surface area contributed by atoms with Crippen LogP contribution in [0, 0.1) is 0 Å². The van der Waals surface area contributed by atoms with Crippen molar-refractivity contribution in [3.05, 3.63) is 35.9 Å². The van der Waals surface area contributed by atoms with Gasteiger partial charge in [0.05, 0.1) is 16.9 Å². The fraction of sp³-hybridized carbons (Fsp3) is 0.562. The number of sulfone groups is 1. The number of hydrogen-bond donors (Lipinski definition) is 1. The molecule has 1 aromatic rings. The second kappa shape index (κ2) is 6.01.